The zero-order valence-electron chi connectivity index (χ0n) is 10.6. The maximum Gasteiger partial charge on any atom is 0.252 e. The van der Waals surface area contributed by atoms with Gasteiger partial charge in [0.1, 0.15) is 5.54 Å². The number of amides is 1. The van der Waals surface area contributed by atoms with Crippen molar-refractivity contribution in [1.82, 2.24) is 10.6 Å². The van der Waals surface area contributed by atoms with Gasteiger partial charge in [-0.05, 0) is 19.8 Å². The van der Waals surface area contributed by atoms with Crippen molar-refractivity contribution >= 4 is 11.9 Å². The lowest BCUT2D eigenvalue weighted by Gasteiger charge is -2.20. The van der Waals surface area contributed by atoms with Crippen molar-refractivity contribution < 1.29 is 4.79 Å². The van der Waals surface area contributed by atoms with Gasteiger partial charge in [-0.2, -0.15) is 0 Å². The summed E-state index contributed by atoms with van der Waals surface area (Å²) in [5.74, 6) is 0.698. The van der Waals surface area contributed by atoms with Crippen LogP contribution in [0.25, 0.3) is 0 Å². The molecule has 0 aromatic rings. The highest BCUT2D eigenvalue weighted by Gasteiger charge is 2.39. The Morgan fingerprint density at radius 3 is 2.62 bits per heavy atom. The fraction of sp³-hybridized carbons (Fsp3) is 0.833. The van der Waals surface area contributed by atoms with Gasteiger partial charge in [-0.3, -0.25) is 15.1 Å². The molecule has 4 nitrogen and oxygen atoms in total. The van der Waals surface area contributed by atoms with Crippen LogP contribution in [0, 0.1) is 0 Å². The van der Waals surface area contributed by atoms with E-state index in [2.05, 4.69) is 29.5 Å². The predicted molar refractivity (Wildman–Crippen MR) is 66.4 cm³/mol. The van der Waals surface area contributed by atoms with Crippen molar-refractivity contribution in [2.24, 2.45) is 4.99 Å². The molecule has 0 aliphatic carbocycles. The van der Waals surface area contributed by atoms with E-state index in [0.29, 0.717) is 5.96 Å². The first kappa shape index (κ1) is 13.0. The van der Waals surface area contributed by atoms with Gasteiger partial charge in [0.25, 0.3) is 5.91 Å². The number of rotatable bonds is 6. The molecule has 0 spiro atoms. The van der Waals surface area contributed by atoms with Crippen LogP contribution in [0.2, 0.25) is 0 Å². The molecule has 0 radical (unpaired) electrons. The van der Waals surface area contributed by atoms with Crippen LogP contribution in [0.1, 0.15) is 52.9 Å². The van der Waals surface area contributed by atoms with Gasteiger partial charge in [0.15, 0.2) is 5.96 Å². The SMILES string of the molecule is CCCCCC1(C)NC(=NCCC)NC1=O. The van der Waals surface area contributed by atoms with E-state index in [9.17, 15) is 4.79 Å². The standard InChI is InChI=1S/C12H23N3O/c1-4-6-7-8-12(3)10(16)14-11(15-12)13-9-5-2/h4-9H2,1-3H3,(H2,13,14,15,16). The number of aliphatic imine (C=N–C) groups is 1. The number of hydrogen-bond donors (Lipinski definition) is 2. The number of carbonyl (C=O) groups excluding carboxylic acids is 1. The van der Waals surface area contributed by atoms with Crippen molar-refractivity contribution in [3.05, 3.63) is 0 Å². The van der Waals surface area contributed by atoms with E-state index in [-0.39, 0.29) is 5.91 Å². The van der Waals surface area contributed by atoms with Gasteiger partial charge >= 0.3 is 0 Å². The van der Waals surface area contributed by atoms with E-state index in [0.717, 1.165) is 25.8 Å². The second-order valence-electron chi connectivity index (χ2n) is 4.60. The minimum atomic E-state index is -0.457. The third-order valence-corrected chi connectivity index (χ3v) is 2.90. The molecule has 1 rings (SSSR count). The van der Waals surface area contributed by atoms with Crippen molar-refractivity contribution in [3.63, 3.8) is 0 Å². The highest BCUT2D eigenvalue weighted by molar-refractivity contribution is 6.08. The van der Waals surface area contributed by atoms with Gasteiger partial charge in [0.2, 0.25) is 0 Å². The molecule has 1 aliphatic rings. The third-order valence-electron chi connectivity index (χ3n) is 2.90. The van der Waals surface area contributed by atoms with E-state index in [1.807, 2.05) is 6.92 Å². The maximum atomic E-state index is 11.8. The highest BCUT2D eigenvalue weighted by atomic mass is 16.2. The minimum Gasteiger partial charge on any atom is -0.342 e. The van der Waals surface area contributed by atoms with Crippen molar-refractivity contribution in [3.8, 4) is 0 Å². The van der Waals surface area contributed by atoms with E-state index >= 15 is 0 Å². The molecule has 1 aliphatic heterocycles. The van der Waals surface area contributed by atoms with Crippen LogP contribution in [0.15, 0.2) is 4.99 Å². The Bertz CT molecular complexity index is 275. The molecule has 1 heterocycles. The van der Waals surface area contributed by atoms with Crippen molar-refractivity contribution in [2.75, 3.05) is 6.54 Å². The molecule has 92 valence electrons. The Kier molecular flexibility index (Phi) is 4.77. The number of guanidine groups is 1. The summed E-state index contributed by atoms with van der Waals surface area (Å²) in [6.45, 7) is 6.94. The summed E-state index contributed by atoms with van der Waals surface area (Å²) in [6, 6.07) is 0. The van der Waals surface area contributed by atoms with Crippen LogP contribution in [-0.4, -0.2) is 24.0 Å². The Labute approximate surface area is 97.9 Å². The number of unbranched alkanes of at least 4 members (excludes halogenated alkanes) is 2. The molecule has 4 heteroatoms. The molecule has 1 unspecified atom stereocenters. The average Bonchev–Trinajstić information content (AvgIpc) is 2.53. The zero-order chi connectivity index (χ0) is 12.0. The molecule has 16 heavy (non-hydrogen) atoms. The Balaban J connectivity index is 2.51. The molecule has 1 saturated heterocycles. The van der Waals surface area contributed by atoms with Crippen LogP contribution in [0.4, 0.5) is 0 Å². The molecule has 1 fully saturated rings. The summed E-state index contributed by atoms with van der Waals surface area (Å²) in [4.78, 5) is 16.1. The van der Waals surface area contributed by atoms with Crippen LogP contribution in [-0.2, 0) is 4.79 Å². The summed E-state index contributed by atoms with van der Waals surface area (Å²) < 4.78 is 0. The zero-order valence-corrected chi connectivity index (χ0v) is 10.6. The highest BCUT2D eigenvalue weighted by Crippen LogP contribution is 2.18. The maximum absolute atomic E-state index is 11.8. The van der Waals surface area contributed by atoms with Gasteiger partial charge in [0.05, 0.1) is 0 Å². The van der Waals surface area contributed by atoms with Crippen LogP contribution < -0.4 is 10.6 Å². The first-order valence-corrected chi connectivity index (χ1v) is 6.26. The molecule has 0 aromatic heterocycles. The third kappa shape index (κ3) is 3.22. The predicted octanol–water partition coefficient (Wildman–Crippen LogP) is 1.81. The van der Waals surface area contributed by atoms with E-state index in [4.69, 9.17) is 0 Å². The van der Waals surface area contributed by atoms with Gasteiger partial charge in [0, 0.05) is 6.54 Å². The van der Waals surface area contributed by atoms with E-state index in [1.165, 1.54) is 12.8 Å². The molecule has 1 amide bonds. The molecule has 1 atom stereocenters. The van der Waals surface area contributed by atoms with Crippen molar-refractivity contribution in [1.29, 1.82) is 0 Å². The van der Waals surface area contributed by atoms with Crippen LogP contribution in [0.3, 0.4) is 0 Å². The summed E-state index contributed by atoms with van der Waals surface area (Å²) in [5.41, 5.74) is -0.457. The quantitative estimate of drug-likeness (QED) is 0.677. The summed E-state index contributed by atoms with van der Waals surface area (Å²) in [7, 11) is 0. The van der Waals surface area contributed by atoms with Crippen LogP contribution in [0.5, 0.6) is 0 Å². The molecular formula is C12H23N3O. The first-order valence-electron chi connectivity index (χ1n) is 6.26. The molecule has 0 aromatic carbocycles. The Morgan fingerprint density at radius 1 is 1.25 bits per heavy atom. The number of nitrogens with zero attached hydrogens (tertiary/aromatic N) is 1. The fourth-order valence-electron chi connectivity index (χ4n) is 1.80. The lowest BCUT2D eigenvalue weighted by Crippen LogP contribution is -2.43. The number of carbonyl (C=O) groups is 1. The first-order chi connectivity index (χ1) is 7.62. The summed E-state index contributed by atoms with van der Waals surface area (Å²) in [6.07, 6.45) is 5.29. The molecular weight excluding hydrogens is 202 g/mol. The van der Waals surface area contributed by atoms with E-state index < -0.39 is 5.54 Å². The average molecular weight is 225 g/mol. The lowest BCUT2D eigenvalue weighted by molar-refractivity contribution is -0.123. The Hall–Kier alpha value is -1.06. The monoisotopic (exact) mass is 225 g/mol. The Morgan fingerprint density at radius 2 is 2.00 bits per heavy atom. The van der Waals surface area contributed by atoms with Gasteiger partial charge < -0.3 is 5.32 Å². The fourth-order valence-corrected chi connectivity index (χ4v) is 1.80. The number of nitrogens with one attached hydrogen (secondary N) is 2. The van der Waals surface area contributed by atoms with Crippen molar-refractivity contribution in [2.45, 2.75) is 58.4 Å². The second-order valence-corrected chi connectivity index (χ2v) is 4.60. The lowest BCUT2D eigenvalue weighted by atomic mass is 9.95. The van der Waals surface area contributed by atoms with Gasteiger partial charge in [-0.15, -0.1) is 0 Å². The van der Waals surface area contributed by atoms with E-state index in [1.54, 1.807) is 0 Å². The molecule has 0 saturated carbocycles. The van der Waals surface area contributed by atoms with Crippen LogP contribution >= 0.6 is 0 Å². The summed E-state index contributed by atoms with van der Waals surface area (Å²) in [5, 5.41) is 6.01. The largest absolute Gasteiger partial charge is 0.342 e. The summed E-state index contributed by atoms with van der Waals surface area (Å²) >= 11 is 0. The smallest absolute Gasteiger partial charge is 0.252 e. The molecule has 2 N–H and O–H groups in total. The number of hydrogen-bond acceptors (Lipinski definition) is 2. The van der Waals surface area contributed by atoms with Gasteiger partial charge in [-0.25, -0.2) is 0 Å². The molecule has 0 bridgehead atoms. The normalized spacial score (nSPS) is 26.9. The van der Waals surface area contributed by atoms with Gasteiger partial charge in [-0.1, -0.05) is 33.1 Å². The minimum absolute atomic E-state index is 0.0541. The topological polar surface area (TPSA) is 53.5 Å². The second kappa shape index (κ2) is 5.87.